The Kier molecular flexibility index (Phi) is 5.79. The summed E-state index contributed by atoms with van der Waals surface area (Å²) in [7, 11) is 1.66. The molecule has 0 spiro atoms. The van der Waals surface area contributed by atoms with Crippen molar-refractivity contribution in [1.29, 1.82) is 5.41 Å². The van der Waals surface area contributed by atoms with Crippen LogP contribution >= 0.6 is 0 Å². The summed E-state index contributed by atoms with van der Waals surface area (Å²) < 4.78 is 0. The molecule has 0 bridgehead atoms. The van der Waals surface area contributed by atoms with Gasteiger partial charge in [0.25, 0.3) is 0 Å². The Morgan fingerprint density at radius 1 is 1.38 bits per heavy atom. The van der Waals surface area contributed by atoms with E-state index in [-0.39, 0.29) is 18.5 Å². The Morgan fingerprint density at radius 3 is 2.43 bits per heavy atom. The number of amides is 2. The fourth-order valence-electron chi connectivity index (χ4n) is 2.11. The maximum absolute atomic E-state index is 12.4. The highest BCUT2D eigenvalue weighted by molar-refractivity contribution is 6.03. The summed E-state index contributed by atoms with van der Waals surface area (Å²) in [6.45, 7) is 6.63. The Hall–Kier alpha value is -2.48. The van der Waals surface area contributed by atoms with Crippen molar-refractivity contribution >= 4 is 17.7 Å². The first-order valence-electron chi connectivity index (χ1n) is 6.80. The number of guanidine groups is 1. The number of rotatable bonds is 3. The first kappa shape index (κ1) is 16.6. The number of benzene rings is 1. The lowest BCUT2D eigenvalue weighted by atomic mass is 10.1. The van der Waals surface area contributed by atoms with Crippen LogP contribution in [0.4, 0.5) is 10.5 Å². The topological polar surface area (TPSA) is 59.4 Å². The fraction of sp³-hybridized carbons (Fsp3) is 0.375. The third kappa shape index (κ3) is 3.99. The molecule has 21 heavy (non-hydrogen) atoms. The summed E-state index contributed by atoms with van der Waals surface area (Å²) in [5.41, 5.74) is 2.93. The molecular weight excluding hydrogens is 264 g/mol. The molecule has 0 atom stereocenters. The molecule has 0 aliphatic heterocycles. The number of aryl methyl sites for hydroxylation is 2. The largest absolute Gasteiger partial charge is 0.335 e. The van der Waals surface area contributed by atoms with E-state index in [1.165, 1.54) is 4.90 Å². The van der Waals surface area contributed by atoms with E-state index in [4.69, 9.17) is 11.8 Å². The molecule has 0 heterocycles. The molecule has 1 rings (SSSR count). The fourth-order valence-corrected chi connectivity index (χ4v) is 2.11. The van der Waals surface area contributed by atoms with Crippen LogP contribution in [0.2, 0.25) is 0 Å². The van der Waals surface area contributed by atoms with Gasteiger partial charge in [0.1, 0.15) is 0 Å². The minimum absolute atomic E-state index is 0.0114. The lowest BCUT2D eigenvalue weighted by Gasteiger charge is -2.26. The van der Waals surface area contributed by atoms with E-state index in [1.54, 1.807) is 11.9 Å². The summed E-state index contributed by atoms with van der Waals surface area (Å²) in [6, 6.07) is 5.56. The predicted octanol–water partition coefficient (Wildman–Crippen LogP) is 2.34. The number of urea groups is 1. The molecule has 0 unspecified atom stereocenters. The van der Waals surface area contributed by atoms with Gasteiger partial charge in [0.15, 0.2) is 5.96 Å². The van der Waals surface area contributed by atoms with Gasteiger partial charge in [-0.3, -0.25) is 15.6 Å². The zero-order chi connectivity index (χ0) is 16.0. The van der Waals surface area contributed by atoms with Crippen molar-refractivity contribution in [3.05, 3.63) is 29.3 Å². The number of nitrogens with one attached hydrogen (secondary N) is 2. The van der Waals surface area contributed by atoms with E-state index in [1.807, 2.05) is 39.0 Å². The van der Waals surface area contributed by atoms with Crippen LogP contribution in [0.5, 0.6) is 0 Å². The van der Waals surface area contributed by atoms with Gasteiger partial charge in [-0.1, -0.05) is 24.1 Å². The van der Waals surface area contributed by atoms with E-state index >= 15 is 0 Å². The lowest BCUT2D eigenvalue weighted by Crippen LogP contribution is -2.48. The molecule has 1 aromatic rings. The van der Waals surface area contributed by atoms with Gasteiger partial charge in [-0.2, -0.15) is 0 Å². The van der Waals surface area contributed by atoms with Crippen LogP contribution in [0.15, 0.2) is 18.2 Å². The van der Waals surface area contributed by atoms with Crippen LogP contribution in [-0.2, 0) is 0 Å². The van der Waals surface area contributed by atoms with Crippen LogP contribution in [-0.4, -0.2) is 37.0 Å². The molecular formula is C16H22N4O. The first-order valence-corrected chi connectivity index (χ1v) is 6.80. The quantitative estimate of drug-likeness (QED) is 0.509. The number of hydrogen-bond acceptors (Lipinski definition) is 2. The van der Waals surface area contributed by atoms with E-state index in [0.717, 1.165) is 16.8 Å². The number of carbonyl (C=O) groups is 1. The molecule has 112 valence electrons. The van der Waals surface area contributed by atoms with Gasteiger partial charge in [0, 0.05) is 13.6 Å². The van der Waals surface area contributed by atoms with Gasteiger partial charge in [0.2, 0.25) is 0 Å². The van der Waals surface area contributed by atoms with Crippen molar-refractivity contribution in [3.8, 4) is 12.3 Å². The standard InChI is InChI=1S/C16H22N4O/c1-6-11-19(5)15(17)18-16(21)20(7-2)14-12(3)9-8-10-13(14)4/h1,8-10H,7,11H2,2-5H3,(H2,17,18,21). The average Bonchev–Trinajstić information content (AvgIpc) is 2.43. The van der Waals surface area contributed by atoms with Crippen molar-refractivity contribution < 1.29 is 4.79 Å². The summed E-state index contributed by atoms with van der Waals surface area (Å²) >= 11 is 0. The molecule has 0 aliphatic carbocycles. The van der Waals surface area contributed by atoms with Crippen LogP contribution in [0, 0.1) is 31.6 Å². The minimum Gasteiger partial charge on any atom is -0.335 e. The molecule has 5 nitrogen and oxygen atoms in total. The maximum Gasteiger partial charge on any atom is 0.328 e. The molecule has 5 heteroatoms. The van der Waals surface area contributed by atoms with Gasteiger partial charge < -0.3 is 4.90 Å². The van der Waals surface area contributed by atoms with Gasteiger partial charge in [0.05, 0.1) is 12.2 Å². The lowest BCUT2D eigenvalue weighted by molar-refractivity contribution is 0.249. The summed E-state index contributed by atoms with van der Waals surface area (Å²) in [5.74, 6) is 2.42. The van der Waals surface area contributed by atoms with Crippen LogP contribution in [0.1, 0.15) is 18.1 Å². The third-order valence-electron chi connectivity index (χ3n) is 3.21. The van der Waals surface area contributed by atoms with Gasteiger partial charge in [-0.15, -0.1) is 6.42 Å². The number of anilines is 1. The van der Waals surface area contributed by atoms with Crippen LogP contribution in [0.25, 0.3) is 0 Å². The Labute approximate surface area is 126 Å². The van der Waals surface area contributed by atoms with Crippen molar-refractivity contribution in [1.82, 2.24) is 10.2 Å². The second-order valence-electron chi connectivity index (χ2n) is 4.82. The predicted molar refractivity (Wildman–Crippen MR) is 86.7 cm³/mol. The third-order valence-corrected chi connectivity index (χ3v) is 3.21. The highest BCUT2D eigenvalue weighted by atomic mass is 16.2. The summed E-state index contributed by atoms with van der Waals surface area (Å²) in [5, 5.41) is 10.4. The van der Waals surface area contributed by atoms with E-state index in [9.17, 15) is 4.79 Å². The number of carbonyl (C=O) groups excluding carboxylic acids is 1. The zero-order valence-corrected chi connectivity index (χ0v) is 13.0. The Bertz CT molecular complexity index is 554. The molecule has 2 N–H and O–H groups in total. The molecule has 0 saturated heterocycles. The number of hydrogen-bond donors (Lipinski definition) is 2. The first-order chi connectivity index (χ1) is 9.92. The molecule has 0 radical (unpaired) electrons. The van der Waals surface area contributed by atoms with Gasteiger partial charge >= 0.3 is 6.03 Å². The normalized spacial score (nSPS) is 9.67. The highest BCUT2D eigenvalue weighted by Gasteiger charge is 2.19. The summed E-state index contributed by atoms with van der Waals surface area (Å²) in [4.78, 5) is 15.5. The average molecular weight is 286 g/mol. The van der Waals surface area contributed by atoms with Crippen LogP contribution in [0.3, 0.4) is 0 Å². The van der Waals surface area contributed by atoms with Crippen molar-refractivity contribution in [2.24, 2.45) is 0 Å². The second kappa shape index (κ2) is 7.34. The molecule has 0 saturated carbocycles. The molecule has 0 aromatic heterocycles. The van der Waals surface area contributed by atoms with E-state index in [0.29, 0.717) is 6.54 Å². The monoisotopic (exact) mass is 286 g/mol. The molecule has 1 aromatic carbocycles. The van der Waals surface area contributed by atoms with Gasteiger partial charge in [-0.25, -0.2) is 4.79 Å². The van der Waals surface area contributed by atoms with E-state index in [2.05, 4.69) is 11.2 Å². The van der Waals surface area contributed by atoms with Gasteiger partial charge in [-0.05, 0) is 31.9 Å². The van der Waals surface area contributed by atoms with Crippen LogP contribution < -0.4 is 10.2 Å². The minimum atomic E-state index is -0.330. The van der Waals surface area contributed by atoms with Crippen molar-refractivity contribution in [2.45, 2.75) is 20.8 Å². The summed E-state index contributed by atoms with van der Waals surface area (Å²) in [6.07, 6.45) is 5.20. The highest BCUT2D eigenvalue weighted by Crippen LogP contribution is 2.24. The van der Waals surface area contributed by atoms with Crippen molar-refractivity contribution in [3.63, 3.8) is 0 Å². The number of para-hydroxylation sites is 1. The van der Waals surface area contributed by atoms with Crippen molar-refractivity contribution in [2.75, 3.05) is 25.0 Å². The molecule has 2 amide bonds. The smallest absolute Gasteiger partial charge is 0.328 e. The Morgan fingerprint density at radius 2 is 1.95 bits per heavy atom. The molecule has 0 fully saturated rings. The maximum atomic E-state index is 12.4. The molecule has 0 aliphatic rings. The van der Waals surface area contributed by atoms with E-state index < -0.39 is 0 Å². The Balaban J connectivity index is 2.93. The SMILES string of the molecule is C#CCN(C)C(=N)NC(=O)N(CC)c1c(C)cccc1C. The number of nitrogens with zero attached hydrogens (tertiary/aromatic N) is 2. The zero-order valence-electron chi connectivity index (χ0n) is 13.0. The second-order valence-corrected chi connectivity index (χ2v) is 4.82. The number of terminal acetylenes is 1.